The molecule has 0 aliphatic heterocycles. The van der Waals surface area contributed by atoms with Crippen LogP contribution in [0.5, 0.6) is 0 Å². The third kappa shape index (κ3) is 2.26. The van der Waals surface area contributed by atoms with Gasteiger partial charge in [-0.25, -0.2) is 0 Å². The van der Waals surface area contributed by atoms with Crippen molar-refractivity contribution in [3.8, 4) is 11.4 Å². The van der Waals surface area contributed by atoms with E-state index in [4.69, 9.17) is 17.3 Å². The summed E-state index contributed by atoms with van der Waals surface area (Å²) in [5, 5.41) is 9.14. The fourth-order valence-corrected chi connectivity index (χ4v) is 2.29. The third-order valence-corrected chi connectivity index (χ3v) is 3.13. The van der Waals surface area contributed by atoms with Crippen molar-refractivity contribution in [1.29, 1.82) is 0 Å². The maximum absolute atomic E-state index is 5.98. The van der Waals surface area contributed by atoms with E-state index >= 15 is 0 Å². The Hall–Kier alpha value is -1.39. The fourth-order valence-electron chi connectivity index (χ4n) is 2.07. The molecule has 0 fully saturated rings. The molecule has 0 aliphatic rings. The van der Waals surface area contributed by atoms with Crippen LogP contribution in [0.2, 0.25) is 5.02 Å². The zero-order valence-electron chi connectivity index (χ0n) is 10.8. The summed E-state index contributed by atoms with van der Waals surface area (Å²) in [6.07, 6.45) is 0. The van der Waals surface area contributed by atoms with Gasteiger partial charge in [-0.3, -0.25) is 0 Å². The number of hydrogen-bond donors (Lipinski definition) is 1. The summed E-state index contributed by atoms with van der Waals surface area (Å²) in [6.45, 7) is 6.59. The van der Waals surface area contributed by atoms with Crippen LogP contribution in [-0.4, -0.2) is 14.8 Å². The number of hydrogen-bond acceptors (Lipinski definition) is 3. The molecule has 5 heteroatoms. The van der Waals surface area contributed by atoms with Crippen LogP contribution in [0, 0.1) is 6.92 Å². The molecule has 0 amide bonds. The van der Waals surface area contributed by atoms with E-state index in [1.54, 1.807) is 0 Å². The zero-order chi connectivity index (χ0) is 13.3. The van der Waals surface area contributed by atoms with Gasteiger partial charge in [0.2, 0.25) is 0 Å². The molecule has 1 heterocycles. The molecule has 0 aliphatic carbocycles. The Labute approximate surface area is 112 Å². The highest BCUT2D eigenvalue weighted by Gasteiger charge is 2.16. The molecule has 0 radical (unpaired) electrons. The first-order chi connectivity index (χ1) is 8.54. The highest BCUT2D eigenvalue weighted by Crippen LogP contribution is 2.27. The van der Waals surface area contributed by atoms with Gasteiger partial charge in [0.1, 0.15) is 5.82 Å². The summed E-state index contributed by atoms with van der Waals surface area (Å²) in [5.41, 5.74) is 7.82. The van der Waals surface area contributed by atoms with Crippen molar-refractivity contribution in [2.24, 2.45) is 5.73 Å². The van der Waals surface area contributed by atoms with Crippen LogP contribution in [0.1, 0.15) is 31.3 Å². The Morgan fingerprint density at radius 1 is 1.33 bits per heavy atom. The lowest BCUT2D eigenvalue weighted by atomic mass is 10.1. The van der Waals surface area contributed by atoms with Gasteiger partial charge < -0.3 is 10.3 Å². The number of halogens is 1. The average Bonchev–Trinajstić information content (AvgIpc) is 2.72. The van der Waals surface area contributed by atoms with Crippen LogP contribution in [0.15, 0.2) is 18.2 Å². The molecular formula is C13H17ClN4. The quantitative estimate of drug-likeness (QED) is 0.927. The van der Waals surface area contributed by atoms with Gasteiger partial charge in [0, 0.05) is 16.6 Å². The molecule has 0 saturated heterocycles. The highest BCUT2D eigenvalue weighted by molar-refractivity contribution is 6.30. The molecule has 2 rings (SSSR count). The predicted octanol–water partition coefficient (Wildman–Crippen LogP) is 2.95. The second-order valence-electron chi connectivity index (χ2n) is 4.57. The maximum atomic E-state index is 5.98. The minimum Gasteiger partial charge on any atom is -0.324 e. The lowest BCUT2D eigenvalue weighted by molar-refractivity contribution is 0.574. The second kappa shape index (κ2) is 5.08. The van der Waals surface area contributed by atoms with Gasteiger partial charge in [-0.15, -0.1) is 10.2 Å². The van der Waals surface area contributed by atoms with E-state index in [0.717, 1.165) is 27.8 Å². The molecule has 0 unspecified atom stereocenters. The minimum atomic E-state index is 0.267. The molecule has 1 aromatic carbocycles. The summed E-state index contributed by atoms with van der Waals surface area (Å²) >= 11 is 5.98. The molecule has 96 valence electrons. The number of nitrogens with zero attached hydrogens (tertiary/aromatic N) is 3. The summed E-state index contributed by atoms with van der Waals surface area (Å²) < 4.78 is 2.07. The first-order valence-corrected chi connectivity index (χ1v) is 6.32. The standard InChI is InChI=1S/C13H17ClN4/c1-8(2)18-12(7-15)16-17-13(18)11-5-4-10(14)6-9(11)3/h4-6,8H,7,15H2,1-3H3. The zero-order valence-corrected chi connectivity index (χ0v) is 11.6. The molecule has 0 bridgehead atoms. The number of nitrogens with two attached hydrogens (primary N) is 1. The van der Waals surface area contributed by atoms with E-state index in [-0.39, 0.29) is 6.04 Å². The number of aromatic nitrogens is 3. The maximum Gasteiger partial charge on any atom is 0.164 e. The van der Waals surface area contributed by atoms with Gasteiger partial charge in [-0.1, -0.05) is 11.6 Å². The molecule has 18 heavy (non-hydrogen) atoms. The van der Waals surface area contributed by atoms with E-state index in [1.807, 2.05) is 25.1 Å². The van der Waals surface area contributed by atoms with Crippen LogP contribution < -0.4 is 5.73 Å². The average molecular weight is 265 g/mol. The van der Waals surface area contributed by atoms with Crippen molar-refractivity contribution in [2.45, 2.75) is 33.4 Å². The molecule has 0 saturated carbocycles. The predicted molar refractivity (Wildman–Crippen MR) is 73.5 cm³/mol. The molecule has 1 aromatic heterocycles. The van der Waals surface area contributed by atoms with E-state index in [1.165, 1.54) is 0 Å². The van der Waals surface area contributed by atoms with Crippen LogP contribution in [0.25, 0.3) is 11.4 Å². The van der Waals surface area contributed by atoms with E-state index < -0.39 is 0 Å². The van der Waals surface area contributed by atoms with Crippen LogP contribution >= 0.6 is 11.6 Å². The van der Waals surface area contributed by atoms with Crippen molar-refractivity contribution in [3.05, 3.63) is 34.6 Å². The normalized spacial score (nSPS) is 11.2. The Kier molecular flexibility index (Phi) is 3.68. The summed E-state index contributed by atoms with van der Waals surface area (Å²) in [4.78, 5) is 0. The topological polar surface area (TPSA) is 56.7 Å². The van der Waals surface area contributed by atoms with Crippen molar-refractivity contribution < 1.29 is 0 Å². The van der Waals surface area contributed by atoms with Gasteiger partial charge in [0.15, 0.2) is 5.82 Å². The highest BCUT2D eigenvalue weighted by atomic mass is 35.5. The molecular weight excluding hydrogens is 248 g/mol. The number of aryl methyl sites for hydroxylation is 1. The SMILES string of the molecule is Cc1cc(Cl)ccc1-c1nnc(CN)n1C(C)C. The molecule has 0 atom stereocenters. The van der Waals surface area contributed by atoms with Gasteiger partial charge in [0.25, 0.3) is 0 Å². The van der Waals surface area contributed by atoms with Crippen LogP contribution in [0.3, 0.4) is 0 Å². The summed E-state index contributed by atoms with van der Waals surface area (Å²) in [6, 6.07) is 6.04. The van der Waals surface area contributed by atoms with Gasteiger partial charge in [-0.05, 0) is 44.5 Å². The van der Waals surface area contributed by atoms with Gasteiger partial charge >= 0.3 is 0 Å². The largest absolute Gasteiger partial charge is 0.324 e. The molecule has 0 spiro atoms. The number of rotatable bonds is 3. The lowest BCUT2D eigenvalue weighted by Gasteiger charge is -2.14. The fraction of sp³-hybridized carbons (Fsp3) is 0.385. The number of benzene rings is 1. The van der Waals surface area contributed by atoms with Crippen molar-refractivity contribution in [1.82, 2.24) is 14.8 Å². The Bertz CT molecular complexity index is 560. The van der Waals surface area contributed by atoms with Crippen molar-refractivity contribution in [2.75, 3.05) is 0 Å². The smallest absolute Gasteiger partial charge is 0.164 e. The van der Waals surface area contributed by atoms with Crippen molar-refractivity contribution >= 4 is 11.6 Å². The second-order valence-corrected chi connectivity index (χ2v) is 5.00. The van der Waals surface area contributed by atoms with Crippen LogP contribution in [0.4, 0.5) is 0 Å². The monoisotopic (exact) mass is 264 g/mol. The third-order valence-electron chi connectivity index (χ3n) is 2.89. The van der Waals surface area contributed by atoms with Gasteiger partial charge in [0.05, 0.1) is 6.54 Å². The summed E-state index contributed by atoms with van der Waals surface area (Å²) in [5.74, 6) is 1.65. The molecule has 2 aromatic rings. The summed E-state index contributed by atoms with van der Waals surface area (Å²) in [7, 11) is 0. The lowest BCUT2D eigenvalue weighted by Crippen LogP contribution is -2.11. The van der Waals surface area contributed by atoms with Crippen molar-refractivity contribution in [3.63, 3.8) is 0 Å². The molecule has 2 N–H and O–H groups in total. The first kappa shape index (κ1) is 13.1. The Morgan fingerprint density at radius 3 is 2.61 bits per heavy atom. The first-order valence-electron chi connectivity index (χ1n) is 5.95. The minimum absolute atomic E-state index is 0.267. The van der Waals surface area contributed by atoms with E-state index in [9.17, 15) is 0 Å². The molecule has 4 nitrogen and oxygen atoms in total. The van der Waals surface area contributed by atoms with Crippen LogP contribution in [-0.2, 0) is 6.54 Å². The van der Waals surface area contributed by atoms with Gasteiger partial charge in [-0.2, -0.15) is 0 Å². The Balaban J connectivity index is 2.60. The Morgan fingerprint density at radius 2 is 2.06 bits per heavy atom. The van der Waals surface area contributed by atoms with E-state index in [2.05, 4.69) is 28.6 Å². The van der Waals surface area contributed by atoms with E-state index in [0.29, 0.717) is 6.54 Å².